The van der Waals surface area contributed by atoms with E-state index in [2.05, 4.69) is 50.9 Å². The molecule has 104 valence electrons. The fraction of sp³-hybridized carbons (Fsp3) is 0.312. The van der Waals surface area contributed by atoms with E-state index in [4.69, 9.17) is 5.73 Å². The number of rotatable bonds is 4. The minimum Gasteiger partial charge on any atom is -0.399 e. The van der Waals surface area contributed by atoms with Crippen LogP contribution < -0.4 is 10.6 Å². The molecule has 1 aromatic heterocycles. The third kappa shape index (κ3) is 2.96. The third-order valence-corrected chi connectivity index (χ3v) is 4.04. The third-order valence-electron chi connectivity index (χ3n) is 3.61. The van der Waals surface area contributed by atoms with E-state index >= 15 is 0 Å². The number of halogens is 1. The van der Waals surface area contributed by atoms with Gasteiger partial charge >= 0.3 is 0 Å². The molecule has 1 heterocycles. The van der Waals surface area contributed by atoms with Gasteiger partial charge in [0.15, 0.2) is 0 Å². The van der Waals surface area contributed by atoms with E-state index in [0.717, 1.165) is 22.5 Å². The van der Waals surface area contributed by atoms with Crippen molar-refractivity contribution in [3.05, 3.63) is 52.1 Å². The molecule has 0 unspecified atom stereocenters. The van der Waals surface area contributed by atoms with Gasteiger partial charge in [-0.3, -0.25) is 0 Å². The second kappa shape index (κ2) is 5.44. The van der Waals surface area contributed by atoms with E-state index in [9.17, 15) is 0 Å². The van der Waals surface area contributed by atoms with Crippen LogP contribution in [-0.4, -0.2) is 11.0 Å². The van der Waals surface area contributed by atoms with Crippen LogP contribution in [0.1, 0.15) is 24.0 Å². The Morgan fingerprint density at radius 1 is 1.30 bits per heavy atom. The zero-order valence-corrected chi connectivity index (χ0v) is 13.1. The lowest BCUT2D eigenvalue weighted by atomic mass is 10.1. The Hall–Kier alpha value is -1.55. The van der Waals surface area contributed by atoms with Gasteiger partial charge in [0.1, 0.15) is 5.82 Å². The summed E-state index contributed by atoms with van der Waals surface area (Å²) in [5, 5.41) is 0. The highest BCUT2D eigenvalue weighted by molar-refractivity contribution is 9.10. The summed E-state index contributed by atoms with van der Waals surface area (Å²) in [4.78, 5) is 7.02. The molecule has 3 rings (SSSR count). The summed E-state index contributed by atoms with van der Waals surface area (Å²) >= 11 is 3.48. The van der Waals surface area contributed by atoms with E-state index in [1.807, 2.05) is 18.3 Å². The average molecular weight is 332 g/mol. The highest BCUT2D eigenvalue weighted by Gasteiger charge is 2.30. The number of aromatic nitrogens is 1. The Balaban J connectivity index is 1.87. The minimum atomic E-state index is 0.625. The summed E-state index contributed by atoms with van der Waals surface area (Å²) in [6.07, 6.45) is 4.39. The van der Waals surface area contributed by atoms with E-state index in [1.165, 1.54) is 24.0 Å². The van der Waals surface area contributed by atoms with E-state index in [0.29, 0.717) is 6.04 Å². The first-order chi connectivity index (χ1) is 9.63. The predicted octanol–water partition coefficient (Wildman–Crippen LogP) is 3.90. The Labute approximate surface area is 127 Å². The maximum absolute atomic E-state index is 5.75. The molecular weight excluding hydrogens is 314 g/mol. The molecule has 1 aliphatic rings. The van der Waals surface area contributed by atoms with Crippen LogP contribution in [0.15, 0.2) is 41.0 Å². The smallest absolute Gasteiger partial charge is 0.132 e. The van der Waals surface area contributed by atoms with E-state index in [-0.39, 0.29) is 0 Å². The van der Waals surface area contributed by atoms with Gasteiger partial charge in [0, 0.05) is 28.9 Å². The standard InChI is InChI=1S/C16H18BrN3/c1-11-8-13(17)9-19-16(11)20(15-6-7-15)10-12-2-4-14(18)5-3-12/h2-5,8-9,15H,6-7,10,18H2,1H3. The fourth-order valence-corrected chi connectivity index (χ4v) is 2.86. The maximum Gasteiger partial charge on any atom is 0.132 e. The molecule has 0 bridgehead atoms. The van der Waals surface area contributed by atoms with Crippen molar-refractivity contribution in [1.29, 1.82) is 0 Å². The molecule has 1 aliphatic carbocycles. The summed E-state index contributed by atoms with van der Waals surface area (Å²) in [6.45, 7) is 3.01. The summed E-state index contributed by atoms with van der Waals surface area (Å²) in [5.41, 5.74) is 9.04. The van der Waals surface area contributed by atoms with Crippen LogP contribution in [0.4, 0.5) is 11.5 Å². The maximum atomic E-state index is 5.75. The van der Waals surface area contributed by atoms with Crippen molar-refractivity contribution in [2.24, 2.45) is 0 Å². The number of hydrogen-bond donors (Lipinski definition) is 1. The lowest BCUT2D eigenvalue weighted by Gasteiger charge is -2.25. The van der Waals surface area contributed by atoms with Gasteiger partial charge in [-0.25, -0.2) is 4.98 Å². The first kappa shape index (κ1) is 13.4. The number of anilines is 2. The van der Waals surface area contributed by atoms with Crippen molar-refractivity contribution in [1.82, 2.24) is 4.98 Å². The summed E-state index contributed by atoms with van der Waals surface area (Å²) < 4.78 is 1.03. The Morgan fingerprint density at radius 3 is 2.60 bits per heavy atom. The van der Waals surface area contributed by atoms with Crippen molar-refractivity contribution in [2.45, 2.75) is 32.4 Å². The number of benzene rings is 1. The molecule has 20 heavy (non-hydrogen) atoms. The van der Waals surface area contributed by atoms with Crippen molar-refractivity contribution >= 4 is 27.4 Å². The molecule has 0 atom stereocenters. The zero-order valence-electron chi connectivity index (χ0n) is 11.5. The Bertz CT molecular complexity index is 606. The van der Waals surface area contributed by atoms with Crippen LogP contribution in [-0.2, 0) is 6.54 Å². The van der Waals surface area contributed by atoms with Crippen LogP contribution in [0, 0.1) is 6.92 Å². The first-order valence-corrected chi connectivity index (χ1v) is 7.66. The largest absolute Gasteiger partial charge is 0.399 e. The van der Waals surface area contributed by atoms with Crippen LogP contribution in [0.25, 0.3) is 0 Å². The Kier molecular flexibility index (Phi) is 3.66. The Morgan fingerprint density at radius 2 is 2.00 bits per heavy atom. The molecule has 3 nitrogen and oxygen atoms in total. The second-order valence-electron chi connectivity index (χ2n) is 5.39. The normalized spacial score (nSPS) is 14.3. The van der Waals surface area contributed by atoms with Crippen molar-refractivity contribution in [3.8, 4) is 0 Å². The molecule has 0 radical (unpaired) electrons. The number of nitrogens with two attached hydrogens (primary N) is 1. The average Bonchev–Trinajstić information content (AvgIpc) is 3.23. The molecular formula is C16H18BrN3. The molecule has 1 aromatic carbocycles. The fourth-order valence-electron chi connectivity index (χ4n) is 2.42. The van der Waals surface area contributed by atoms with Crippen molar-refractivity contribution in [2.75, 3.05) is 10.6 Å². The van der Waals surface area contributed by atoms with Crippen LogP contribution >= 0.6 is 15.9 Å². The molecule has 4 heteroatoms. The molecule has 2 aromatic rings. The van der Waals surface area contributed by atoms with Crippen LogP contribution in [0.5, 0.6) is 0 Å². The highest BCUT2D eigenvalue weighted by Crippen LogP contribution is 2.34. The van der Waals surface area contributed by atoms with Crippen molar-refractivity contribution < 1.29 is 0 Å². The van der Waals surface area contributed by atoms with Crippen LogP contribution in [0.2, 0.25) is 0 Å². The lowest BCUT2D eigenvalue weighted by molar-refractivity contribution is 0.774. The van der Waals surface area contributed by atoms with Gasteiger partial charge in [-0.2, -0.15) is 0 Å². The molecule has 0 spiro atoms. The number of nitrogens with zero attached hydrogens (tertiary/aromatic N) is 2. The number of nitrogen functional groups attached to an aromatic ring is 1. The number of aryl methyl sites for hydroxylation is 1. The van der Waals surface area contributed by atoms with Gasteiger partial charge in [-0.15, -0.1) is 0 Å². The summed E-state index contributed by atoms with van der Waals surface area (Å²) in [6, 6.07) is 10.9. The van der Waals surface area contributed by atoms with Gasteiger partial charge in [-0.05, 0) is 65.0 Å². The van der Waals surface area contributed by atoms with Gasteiger partial charge < -0.3 is 10.6 Å². The number of pyridine rings is 1. The van der Waals surface area contributed by atoms with Crippen molar-refractivity contribution in [3.63, 3.8) is 0 Å². The number of hydrogen-bond acceptors (Lipinski definition) is 3. The van der Waals surface area contributed by atoms with Gasteiger partial charge in [-0.1, -0.05) is 12.1 Å². The molecule has 0 saturated heterocycles. The molecule has 1 fully saturated rings. The van der Waals surface area contributed by atoms with Crippen LogP contribution in [0.3, 0.4) is 0 Å². The minimum absolute atomic E-state index is 0.625. The zero-order chi connectivity index (χ0) is 14.1. The van der Waals surface area contributed by atoms with Gasteiger partial charge in [0.25, 0.3) is 0 Å². The SMILES string of the molecule is Cc1cc(Br)cnc1N(Cc1ccc(N)cc1)C1CC1. The lowest BCUT2D eigenvalue weighted by Crippen LogP contribution is -2.26. The molecule has 0 aliphatic heterocycles. The highest BCUT2D eigenvalue weighted by atomic mass is 79.9. The molecule has 0 amide bonds. The second-order valence-corrected chi connectivity index (χ2v) is 6.31. The van der Waals surface area contributed by atoms with Gasteiger partial charge in [0.05, 0.1) is 0 Å². The summed E-state index contributed by atoms with van der Waals surface area (Å²) in [5.74, 6) is 1.09. The monoisotopic (exact) mass is 331 g/mol. The van der Waals surface area contributed by atoms with E-state index < -0.39 is 0 Å². The first-order valence-electron chi connectivity index (χ1n) is 6.86. The predicted molar refractivity (Wildman–Crippen MR) is 86.7 cm³/mol. The molecule has 2 N–H and O–H groups in total. The molecule has 1 saturated carbocycles. The topological polar surface area (TPSA) is 42.2 Å². The summed E-state index contributed by atoms with van der Waals surface area (Å²) in [7, 11) is 0. The van der Waals surface area contributed by atoms with E-state index in [1.54, 1.807) is 0 Å². The van der Waals surface area contributed by atoms with Gasteiger partial charge in [0.2, 0.25) is 0 Å². The quantitative estimate of drug-likeness (QED) is 0.864.